The van der Waals surface area contributed by atoms with E-state index in [0.717, 1.165) is 10.7 Å². The van der Waals surface area contributed by atoms with Gasteiger partial charge >= 0.3 is 0 Å². The highest BCUT2D eigenvalue weighted by molar-refractivity contribution is 7.09. The molecule has 1 atom stereocenters. The fourth-order valence-electron chi connectivity index (χ4n) is 2.52. The molecule has 1 unspecified atom stereocenters. The van der Waals surface area contributed by atoms with Crippen LogP contribution in [0, 0.1) is 6.92 Å². The fourth-order valence-corrected chi connectivity index (χ4v) is 3.12. The highest BCUT2D eigenvalue weighted by Crippen LogP contribution is 2.17. The zero-order chi connectivity index (χ0) is 15.6. The van der Waals surface area contributed by atoms with E-state index >= 15 is 0 Å². The number of amides is 2. The molecule has 0 N–H and O–H groups in total. The predicted molar refractivity (Wildman–Crippen MR) is 82.0 cm³/mol. The van der Waals surface area contributed by atoms with Crippen LogP contribution in [0.3, 0.4) is 0 Å². The molecule has 6 nitrogen and oxygen atoms in total. The average Bonchev–Trinajstić information content (AvgIpc) is 2.83. The van der Waals surface area contributed by atoms with Gasteiger partial charge in [-0.1, -0.05) is 0 Å². The smallest absolute Gasteiger partial charge is 0.241 e. The third-order valence-corrected chi connectivity index (χ3v) is 4.52. The minimum atomic E-state index is -0.292. The van der Waals surface area contributed by atoms with Crippen LogP contribution in [0.2, 0.25) is 0 Å². The minimum Gasteiger partial charge on any atom is -0.347 e. The summed E-state index contributed by atoms with van der Waals surface area (Å²) in [6.07, 6.45) is 0. The summed E-state index contributed by atoms with van der Waals surface area (Å²) in [4.78, 5) is 33.9. The lowest BCUT2D eigenvalue weighted by molar-refractivity contribution is -0.141. The SMILES string of the molecule is CC(=O)N1CCN(Cc2csc(C)n2)C(C(=O)N(C)C)C1. The van der Waals surface area contributed by atoms with E-state index in [0.29, 0.717) is 26.2 Å². The third kappa shape index (κ3) is 3.79. The molecular weight excluding hydrogens is 288 g/mol. The lowest BCUT2D eigenvalue weighted by Crippen LogP contribution is -2.59. The Kier molecular flexibility index (Phi) is 4.95. The molecular formula is C14H22N4O2S. The van der Waals surface area contributed by atoms with E-state index in [2.05, 4.69) is 9.88 Å². The molecule has 0 aliphatic carbocycles. The maximum atomic E-state index is 12.4. The summed E-state index contributed by atoms with van der Waals surface area (Å²) in [6, 6.07) is -0.292. The number of carbonyl (C=O) groups is 2. The first-order valence-corrected chi connectivity index (χ1v) is 7.88. The molecule has 1 aromatic heterocycles. The van der Waals surface area contributed by atoms with Crippen molar-refractivity contribution in [3.63, 3.8) is 0 Å². The molecule has 0 radical (unpaired) electrons. The van der Waals surface area contributed by atoms with Crippen molar-refractivity contribution in [1.29, 1.82) is 0 Å². The summed E-state index contributed by atoms with van der Waals surface area (Å²) in [6.45, 7) is 5.99. The lowest BCUT2D eigenvalue weighted by Gasteiger charge is -2.40. The summed E-state index contributed by atoms with van der Waals surface area (Å²) in [5.41, 5.74) is 0.991. The van der Waals surface area contributed by atoms with Gasteiger partial charge in [-0.3, -0.25) is 14.5 Å². The molecule has 1 aliphatic rings. The zero-order valence-corrected chi connectivity index (χ0v) is 13.8. The Morgan fingerprint density at radius 2 is 2.14 bits per heavy atom. The van der Waals surface area contributed by atoms with Gasteiger partial charge in [0, 0.05) is 52.6 Å². The number of carbonyl (C=O) groups excluding carboxylic acids is 2. The van der Waals surface area contributed by atoms with Gasteiger partial charge in [0.2, 0.25) is 11.8 Å². The molecule has 1 saturated heterocycles. The monoisotopic (exact) mass is 310 g/mol. The highest BCUT2D eigenvalue weighted by atomic mass is 32.1. The van der Waals surface area contributed by atoms with E-state index in [1.54, 1.807) is 42.2 Å². The van der Waals surface area contributed by atoms with Crippen molar-refractivity contribution in [2.24, 2.45) is 0 Å². The quantitative estimate of drug-likeness (QED) is 0.819. The van der Waals surface area contributed by atoms with Crippen molar-refractivity contribution >= 4 is 23.2 Å². The van der Waals surface area contributed by atoms with Gasteiger partial charge in [-0.05, 0) is 6.92 Å². The number of aryl methyl sites for hydroxylation is 1. The van der Waals surface area contributed by atoms with E-state index < -0.39 is 0 Å². The van der Waals surface area contributed by atoms with Gasteiger partial charge in [-0.2, -0.15) is 0 Å². The molecule has 0 saturated carbocycles. The van der Waals surface area contributed by atoms with Crippen molar-refractivity contribution in [3.05, 3.63) is 16.1 Å². The number of hydrogen-bond acceptors (Lipinski definition) is 5. The number of rotatable bonds is 3. The Hall–Kier alpha value is -1.47. The molecule has 1 aromatic rings. The Balaban J connectivity index is 2.13. The van der Waals surface area contributed by atoms with Crippen LogP contribution in [-0.4, -0.2) is 71.3 Å². The van der Waals surface area contributed by atoms with Gasteiger partial charge in [0.25, 0.3) is 0 Å². The zero-order valence-electron chi connectivity index (χ0n) is 13.0. The molecule has 2 rings (SSSR count). The van der Waals surface area contributed by atoms with Crippen LogP contribution in [0.15, 0.2) is 5.38 Å². The second-order valence-electron chi connectivity index (χ2n) is 5.54. The number of likely N-dealkylation sites (N-methyl/N-ethyl adjacent to an activating group) is 1. The molecule has 0 aromatic carbocycles. The van der Waals surface area contributed by atoms with Crippen LogP contribution in [0.25, 0.3) is 0 Å². The van der Waals surface area contributed by atoms with Crippen LogP contribution in [0.4, 0.5) is 0 Å². The first-order valence-electron chi connectivity index (χ1n) is 7.00. The second-order valence-corrected chi connectivity index (χ2v) is 6.60. The van der Waals surface area contributed by atoms with E-state index in [1.165, 1.54) is 0 Å². The molecule has 1 fully saturated rings. The summed E-state index contributed by atoms with van der Waals surface area (Å²) >= 11 is 1.62. The lowest BCUT2D eigenvalue weighted by atomic mass is 10.1. The van der Waals surface area contributed by atoms with Gasteiger partial charge in [0.15, 0.2) is 0 Å². The Morgan fingerprint density at radius 1 is 1.43 bits per heavy atom. The van der Waals surface area contributed by atoms with E-state index in [1.807, 2.05) is 12.3 Å². The number of hydrogen-bond donors (Lipinski definition) is 0. The summed E-state index contributed by atoms with van der Waals surface area (Å²) in [5, 5.41) is 3.06. The normalized spacial score (nSPS) is 19.6. The van der Waals surface area contributed by atoms with E-state index in [-0.39, 0.29) is 17.9 Å². The van der Waals surface area contributed by atoms with E-state index in [4.69, 9.17) is 0 Å². The Bertz CT molecular complexity index is 529. The van der Waals surface area contributed by atoms with Crippen molar-refractivity contribution < 1.29 is 9.59 Å². The fraction of sp³-hybridized carbons (Fsp3) is 0.643. The summed E-state index contributed by atoms with van der Waals surface area (Å²) < 4.78 is 0. The van der Waals surface area contributed by atoms with Crippen LogP contribution < -0.4 is 0 Å². The highest BCUT2D eigenvalue weighted by Gasteiger charge is 2.34. The van der Waals surface area contributed by atoms with Gasteiger partial charge in [-0.25, -0.2) is 4.98 Å². The van der Waals surface area contributed by atoms with Gasteiger partial charge in [0.05, 0.1) is 10.7 Å². The molecule has 0 bridgehead atoms. The van der Waals surface area contributed by atoms with Crippen LogP contribution in [0.5, 0.6) is 0 Å². The Labute approximate surface area is 129 Å². The molecule has 2 heterocycles. The summed E-state index contributed by atoms with van der Waals surface area (Å²) in [7, 11) is 3.50. The standard InChI is InChI=1S/C14H22N4O2S/c1-10-15-12(9-21-10)7-18-6-5-17(11(2)19)8-13(18)14(20)16(3)4/h9,13H,5-8H2,1-4H3. The number of thiazole rings is 1. The van der Waals surface area contributed by atoms with Gasteiger partial charge in [-0.15, -0.1) is 11.3 Å². The van der Waals surface area contributed by atoms with Crippen LogP contribution >= 0.6 is 11.3 Å². The molecule has 7 heteroatoms. The van der Waals surface area contributed by atoms with E-state index in [9.17, 15) is 9.59 Å². The average molecular weight is 310 g/mol. The number of nitrogens with zero attached hydrogens (tertiary/aromatic N) is 4. The molecule has 0 spiro atoms. The van der Waals surface area contributed by atoms with Crippen LogP contribution in [0.1, 0.15) is 17.6 Å². The minimum absolute atomic E-state index is 0.0238. The van der Waals surface area contributed by atoms with Crippen LogP contribution in [-0.2, 0) is 16.1 Å². The van der Waals surface area contributed by atoms with Crippen molar-refractivity contribution in [3.8, 4) is 0 Å². The summed E-state index contributed by atoms with van der Waals surface area (Å²) in [5.74, 6) is 0.0589. The number of piperazine rings is 1. The molecule has 21 heavy (non-hydrogen) atoms. The van der Waals surface area contributed by atoms with Crippen molar-refractivity contribution in [2.45, 2.75) is 26.4 Å². The maximum Gasteiger partial charge on any atom is 0.241 e. The van der Waals surface area contributed by atoms with Gasteiger partial charge in [0.1, 0.15) is 6.04 Å². The first-order chi connectivity index (χ1) is 9.88. The maximum absolute atomic E-state index is 12.4. The van der Waals surface area contributed by atoms with Crippen molar-refractivity contribution in [1.82, 2.24) is 19.7 Å². The number of aromatic nitrogens is 1. The predicted octanol–water partition coefficient (Wildman–Crippen LogP) is 0.572. The third-order valence-electron chi connectivity index (χ3n) is 3.69. The van der Waals surface area contributed by atoms with Crippen molar-refractivity contribution in [2.75, 3.05) is 33.7 Å². The largest absolute Gasteiger partial charge is 0.347 e. The second kappa shape index (κ2) is 6.53. The molecule has 1 aliphatic heterocycles. The topological polar surface area (TPSA) is 56.8 Å². The molecule has 2 amide bonds. The Morgan fingerprint density at radius 3 is 2.67 bits per heavy atom. The van der Waals surface area contributed by atoms with Gasteiger partial charge < -0.3 is 9.80 Å². The first kappa shape index (κ1) is 15.9. The molecule has 116 valence electrons.